The molecule has 0 bridgehead atoms. The quantitative estimate of drug-likeness (QED) is 0.585. The second-order valence-corrected chi connectivity index (χ2v) is 7.54. The van der Waals surface area contributed by atoms with Crippen molar-refractivity contribution in [1.82, 2.24) is 14.3 Å². The molecule has 4 nitrogen and oxygen atoms in total. The summed E-state index contributed by atoms with van der Waals surface area (Å²) in [6.07, 6.45) is 2.88. The predicted octanol–water partition coefficient (Wildman–Crippen LogP) is 4.74. The molecule has 0 unspecified atom stereocenters. The number of aryl methyl sites for hydroxylation is 1. The standard InChI is InChI=1S/C21H24BrN3O/c1-4-11-24(16(3)18-7-5-6-8-19(18)22)14-17-12-21(26)25-13-15(2)9-10-20(25)23-17/h5-10,12-13,16H,4,11,14H2,1-3H3/t16-/m1/s1. The fourth-order valence-electron chi connectivity index (χ4n) is 3.25. The van der Waals surface area contributed by atoms with Crippen molar-refractivity contribution in [2.75, 3.05) is 6.54 Å². The Kier molecular flexibility index (Phi) is 5.89. The van der Waals surface area contributed by atoms with Crippen molar-refractivity contribution >= 4 is 21.6 Å². The van der Waals surface area contributed by atoms with Gasteiger partial charge < -0.3 is 0 Å². The fourth-order valence-corrected chi connectivity index (χ4v) is 3.87. The molecule has 3 aromatic rings. The van der Waals surface area contributed by atoms with E-state index in [0.29, 0.717) is 12.2 Å². The SMILES string of the molecule is CCCN(Cc1cc(=O)n2cc(C)ccc2n1)[C@H](C)c1ccccc1Br. The molecule has 136 valence electrons. The summed E-state index contributed by atoms with van der Waals surface area (Å²) in [5, 5.41) is 0. The molecule has 0 spiro atoms. The van der Waals surface area contributed by atoms with Gasteiger partial charge in [0.05, 0.1) is 5.69 Å². The van der Waals surface area contributed by atoms with Crippen LogP contribution in [0.2, 0.25) is 0 Å². The summed E-state index contributed by atoms with van der Waals surface area (Å²) < 4.78 is 2.72. The van der Waals surface area contributed by atoms with Gasteiger partial charge in [0.1, 0.15) is 5.65 Å². The number of fused-ring (bicyclic) bond motifs is 1. The molecule has 5 heteroatoms. The Bertz CT molecular complexity index is 967. The molecule has 0 aliphatic heterocycles. The van der Waals surface area contributed by atoms with Crippen molar-refractivity contribution in [3.05, 3.63) is 80.3 Å². The third-order valence-electron chi connectivity index (χ3n) is 4.64. The Morgan fingerprint density at radius 1 is 1.23 bits per heavy atom. The topological polar surface area (TPSA) is 37.6 Å². The summed E-state index contributed by atoms with van der Waals surface area (Å²) >= 11 is 3.66. The van der Waals surface area contributed by atoms with E-state index < -0.39 is 0 Å². The van der Waals surface area contributed by atoms with Crippen molar-refractivity contribution in [2.45, 2.75) is 39.8 Å². The molecule has 2 aromatic heterocycles. The zero-order valence-electron chi connectivity index (χ0n) is 15.4. The largest absolute Gasteiger partial charge is 0.291 e. The Morgan fingerprint density at radius 3 is 2.73 bits per heavy atom. The molecule has 0 saturated heterocycles. The first-order valence-corrected chi connectivity index (χ1v) is 9.76. The van der Waals surface area contributed by atoms with E-state index in [1.165, 1.54) is 5.56 Å². The summed E-state index contributed by atoms with van der Waals surface area (Å²) in [7, 11) is 0. The second kappa shape index (κ2) is 8.14. The van der Waals surface area contributed by atoms with Crippen LogP contribution in [-0.4, -0.2) is 20.8 Å². The molecular formula is C21H24BrN3O. The van der Waals surface area contributed by atoms with Crippen LogP contribution in [0.5, 0.6) is 0 Å². The molecule has 26 heavy (non-hydrogen) atoms. The number of hydrogen-bond donors (Lipinski definition) is 0. The van der Waals surface area contributed by atoms with Crippen LogP contribution in [0.15, 0.2) is 57.9 Å². The average molecular weight is 414 g/mol. The highest BCUT2D eigenvalue weighted by Gasteiger charge is 2.18. The lowest BCUT2D eigenvalue weighted by atomic mass is 10.1. The number of halogens is 1. The van der Waals surface area contributed by atoms with Crippen molar-refractivity contribution in [3.8, 4) is 0 Å². The van der Waals surface area contributed by atoms with Crippen LogP contribution < -0.4 is 5.56 Å². The van der Waals surface area contributed by atoms with E-state index in [9.17, 15) is 4.79 Å². The van der Waals surface area contributed by atoms with E-state index in [1.54, 1.807) is 10.5 Å². The molecule has 1 atom stereocenters. The maximum Gasteiger partial charge on any atom is 0.258 e. The molecule has 0 aliphatic rings. The number of rotatable bonds is 6. The normalized spacial score (nSPS) is 12.7. The highest BCUT2D eigenvalue weighted by molar-refractivity contribution is 9.10. The Morgan fingerprint density at radius 2 is 2.00 bits per heavy atom. The number of nitrogens with zero attached hydrogens (tertiary/aromatic N) is 3. The van der Waals surface area contributed by atoms with E-state index in [1.807, 2.05) is 31.3 Å². The molecule has 0 amide bonds. The number of aromatic nitrogens is 2. The summed E-state index contributed by atoms with van der Waals surface area (Å²) in [6.45, 7) is 7.94. The first-order chi connectivity index (χ1) is 12.5. The molecule has 1 aromatic carbocycles. The molecule has 2 heterocycles. The lowest BCUT2D eigenvalue weighted by molar-refractivity contribution is 0.199. The molecule has 0 radical (unpaired) electrons. The van der Waals surface area contributed by atoms with Crippen molar-refractivity contribution < 1.29 is 0 Å². The van der Waals surface area contributed by atoms with Crippen molar-refractivity contribution in [3.63, 3.8) is 0 Å². The van der Waals surface area contributed by atoms with Gasteiger partial charge in [-0.3, -0.25) is 14.1 Å². The maximum absolute atomic E-state index is 12.5. The minimum Gasteiger partial charge on any atom is -0.291 e. The Balaban J connectivity index is 1.93. The van der Waals surface area contributed by atoms with Crippen LogP contribution in [0.1, 0.15) is 43.1 Å². The van der Waals surface area contributed by atoms with Gasteiger partial charge in [-0.05, 0) is 50.1 Å². The first-order valence-electron chi connectivity index (χ1n) is 8.97. The lowest BCUT2D eigenvalue weighted by Crippen LogP contribution is -2.29. The Labute approximate surface area is 162 Å². The molecule has 0 fully saturated rings. The third-order valence-corrected chi connectivity index (χ3v) is 5.36. The van der Waals surface area contributed by atoms with Crippen LogP contribution in [0.3, 0.4) is 0 Å². The van der Waals surface area contributed by atoms with E-state index in [2.05, 4.69) is 52.9 Å². The van der Waals surface area contributed by atoms with Gasteiger partial charge >= 0.3 is 0 Å². The third kappa shape index (κ3) is 4.05. The van der Waals surface area contributed by atoms with E-state index in [-0.39, 0.29) is 11.6 Å². The summed E-state index contributed by atoms with van der Waals surface area (Å²) in [6, 6.07) is 14.1. The first kappa shape index (κ1) is 18.8. The van der Waals surface area contributed by atoms with Gasteiger partial charge in [0.15, 0.2) is 0 Å². The lowest BCUT2D eigenvalue weighted by Gasteiger charge is -2.29. The minimum absolute atomic E-state index is 0.0290. The highest BCUT2D eigenvalue weighted by Crippen LogP contribution is 2.28. The van der Waals surface area contributed by atoms with Gasteiger partial charge in [0, 0.05) is 29.3 Å². The maximum atomic E-state index is 12.5. The van der Waals surface area contributed by atoms with Gasteiger partial charge in [-0.25, -0.2) is 4.98 Å². The van der Waals surface area contributed by atoms with E-state index in [0.717, 1.165) is 28.7 Å². The van der Waals surface area contributed by atoms with Gasteiger partial charge in [-0.15, -0.1) is 0 Å². The van der Waals surface area contributed by atoms with E-state index >= 15 is 0 Å². The van der Waals surface area contributed by atoms with Gasteiger partial charge in [-0.2, -0.15) is 0 Å². The zero-order valence-corrected chi connectivity index (χ0v) is 17.0. The molecule has 0 aliphatic carbocycles. The Hall–Kier alpha value is -1.98. The summed E-state index contributed by atoms with van der Waals surface area (Å²) in [5.74, 6) is 0. The molecule has 0 saturated carbocycles. The van der Waals surface area contributed by atoms with Crippen LogP contribution in [-0.2, 0) is 6.54 Å². The number of benzene rings is 1. The van der Waals surface area contributed by atoms with Crippen molar-refractivity contribution in [1.29, 1.82) is 0 Å². The van der Waals surface area contributed by atoms with Crippen LogP contribution in [0.4, 0.5) is 0 Å². The summed E-state index contributed by atoms with van der Waals surface area (Å²) in [5.41, 5.74) is 3.77. The van der Waals surface area contributed by atoms with Crippen LogP contribution in [0.25, 0.3) is 5.65 Å². The molecular weight excluding hydrogens is 390 g/mol. The zero-order chi connectivity index (χ0) is 18.7. The molecule has 0 N–H and O–H groups in total. The summed E-state index contributed by atoms with van der Waals surface area (Å²) in [4.78, 5) is 19.6. The number of hydrogen-bond acceptors (Lipinski definition) is 3. The van der Waals surface area contributed by atoms with Crippen molar-refractivity contribution in [2.24, 2.45) is 0 Å². The van der Waals surface area contributed by atoms with Gasteiger partial charge in [0.25, 0.3) is 5.56 Å². The average Bonchev–Trinajstić information content (AvgIpc) is 2.62. The number of pyridine rings is 1. The fraction of sp³-hybridized carbons (Fsp3) is 0.333. The second-order valence-electron chi connectivity index (χ2n) is 6.69. The predicted molar refractivity (Wildman–Crippen MR) is 109 cm³/mol. The van der Waals surface area contributed by atoms with Gasteiger partial charge in [0.2, 0.25) is 0 Å². The van der Waals surface area contributed by atoms with Crippen LogP contribution in [0, 0.1) is 6.92 Å². The van der Waals surface area contributed by atoms with Crippen LogP contribution >= 0.6 is 15.9 Å². The highest BCUT2D eigenvalue weighted by atomic mass is 79.9. The monoisotopic (exact) mass is 413 g/mol. The molecule has 3 rings (SSSR count). The van der Waals surface area contributed by atoms with E-state index in [4.69, 9.17) is 4.98 Å². The van der Waals surface area contributed by atoms with Gasteiger partial charge in [-0.1, -0.05) is 47.1 Å². The smallest absolute Gasteiger partial charge is 0.258 e. The minimum atomic E-state index is -0.0290.